The van der Waals surface area contributed by atoms with E-state index in [9.17, 15) is 5.11 Å². The number of aliphatic hydroxyl groups is 1. The number of benzene rings is 2. The van der Waals surface area contributed by atoms with Gasteiger partial charge in [0.05, 0.1) is 25.9 Å². The molecular weight excluding hydrogens is 374 g/mol. The van der Waals surface area contributed by atoms with Crippen molar-refractivity contribution in [1.82, 2.24) is 4.90 Å². The van der Waals surface area contributed by atoms with Gasteiger partial charge in [0.2, 0.25) is 0 Å². The van der Waals surface area contributed by atoms with E-state index in [0.29, 0.717) is 11.4 Å². The van der Waals surface area contributed by atoms with Crippen LogP contribution in [0.3, 0.4) is 0 Å². The Balaban J connectivity index is 2.00. The number of hydrogen-bond donors (Lipinski definition) is 1. The third-order valence-electron chi connectivity index (χ3n) is 5.61. The first-order valence-corrected chi connectivity index (χ1v) is 10.4. The van der Waals surface area contributed by atoms with Gasteiger partial charge in [-0.2, -0.15) is 0 Å². The monoisotopic (exact) mass is 403 g/mol. The molecule has 2 aromatic carbocycles. The predicted octanol–water partition coefficient (Wildman–Crippen LogP) is 4.45. The van der Waals surface area contributed by atoms with Crippen molar-refractivity contribution in [2.45, 2.75) is 31.3 Å². The molecule has 152 valence electrons. The van der Waals surface area contributed by atoms with E-state index in [1.54, 1.807) is 7.11 Å². The Morgan fingerprint density at radius 1 is 1.11 bits per heavy atom. The lowest BCUT2D eigenvalue weighted by atomic mass is 9.74. The van der Waals surface area contributed by atoms with Crippen LogP contribution in [0.4, 0.5) is 0 Å². The van der Waals surface area contributed by atoms with Gasteiger partial charge in [-0.1, -0.05) is 49.2 Å². The molecule has 0 aromatic heterocycles. The van der Waals surface area contributed by atoms with E-state index >= 15 is 0 Å². The van der Waals surface area contributed by atoms with E-state index in [2.05, 4.69) is 11.8 Å². The van der Waals surface area contributed by atoms with Gasteiger partial charge in [0.15, 0.2) is 0 Å². The molecule has 0 spiro atoms. The molecule has 1 aliphatic heterocycles. The smallest absolute Gasteiger partial charge is 0.118 e. The molecule has 0 amide bonds. The molecule has 2 aromatic rings. The van der Waals surface area contributed by atoms with E-state index in [0.717, 1.165) is 56.1 Å². The second-order valence-corrected chi connectivity index (χ2v) is 7.86. The van der Waals surface area contributed by atoms with Crippen molar-refractivity contribution in [3.8, 4) is 5.75 Å². The van der Waals surface area contributed by atoms with Gasteiger partial charge in [0.25, 0.3) is 0 Å². The quantitative estimate of drug-likeness (QED) is 0.706. The highest BCUT2D eigenvalue weighted by Crippen LogP contribution is 2.42. The number of hydrogen-bond acceptors (Lipinski definition) is 4. The van der Waals surface area contributed by atoms with Crippen LogP contribution in [-0.4, -0.2) is 50.0 Å². The Morgan fingerprint density at radius 2 is 1.75 bits per heavy atom. The number of methoxy groups -OCH3 is 1. The summed E-state index contributed by atoms with van der Waals surface area (Å²) in [6.07, 6.45) is 1.56. The zero-order valence-electron chi connectivity index (χ0n) is 16.7. The van der Waals surface area contributed by atoms with E-state index in [1.165, 1.54) is 0 Å². The third kappa shape index (κ3) is 4.87. The van der Waals surface area contributed by atoms with Gasteiger partial charge >= 0.3 is 0 Å². The summed E-state index contributed by atoms with van der Waals surface area (Å²) in [5.74, 6) is 0.718. The molecule has 1 fully saturated rings. The topological polar surface area (TPSA) is 41.9 Å². The average molecular weight is 404 g/mol. The van der Waals surface area contributed by atoms with Crippen LogP contribution < -0.4 is 4.74 Å². The van der Waals surface area contributed by atoms with Crippen LogP contribution in [0, 0.1) is 0 Å². The summed E-state index contributed by atoms with van der Waals surface area (Å²) in [6, 6.07) is 15.7. The van der Waals surface area contributed by atoms with Crippen LogP contribution >= 0.6 is 11.6 Å². The fourth-order valence-corrected chi connectivity index (χ4v) is 4.18. The zero-order valence-corrected chi connectivity index (χ0v) is 17.5. The van der Waals surface area contributed by atoms with Crippen molar-refractivity contribution >= 4 is 11.6 Å². The summed E-state index contributed by atoms with van der Waals surface area (Å²) < 4.78 is 10.8. The standard InChI is InChI=1S/C23H30ClNO3/c1-3-12-23(26,19-6-10-21(27-2)11-7-19)22(17-25-13-15-28-16-14-25)18-4-8-20(24)9-5-18/h4-11,22,26H,3,12-17H2,1-2H3/t22-,23+/m0/s1. The Morgan fingerprint density at radius 3 is 2.32 bits per heavy atom. The first kappa shape index (κ1) is 21.1. The number of morpholine rings is 1. The van der Waals surface area contributed by atoms with Crippen LogP contribution in [0.15, 0.2) is 48.5 Å². The Kier molecular flexibility index (Phi) is 7.36. The summed E-state index contributed by atoms with van der Waals surface area (Å²) in [6.45, 7) is 6.13. The fraction of sp³-hybridized carbons (Fsp3) is 0.478. The molecule has 3 rings (SSSR count). The number of nitrogens with zero attached hydrogens (tertiary/aromatic N) is 1. The molecule has 0 unspecified atom stereocenters. The SMILES string of the molecule is CCC[C@@](O)(c1ccc(OC)cc1)[C@@H](CN1CCOCC1)c1ccc(Cl)cc1. The molecule has 28 heavy (non-hydrogen) atoms. The average Bonchev–Trinajstić information content (AvgIpc) is 2.74. The summed E-state index contributed by atoms with van der Waals surface area (Å²) in [5.41, 5.74) is 1.04. The minimum atomic E-state index is -0.979. The molecule has 0 saturated carbocycles. The summed E-state index contributed by atoms with van der Waals surface area (Å²) in [4.78, 5) is 2.38. The van der Waals surface area contributed by atoms with Gasteiger partial charge in [-0.15, -0.1) is 0 Å². The van der Waals surface area contributed by atoms with Gasteiger partial charge < -0.3 is 14.6 Å². The molecule has 0 bridgehead atoms. The van der Waals surface area contributed by atoms with Crippen LogP contribution in [-0.2, 0) is 10.3 Å². The van der Waals surface area contributed by atoms with Gasteiger partial charge in [-0.3, -0.25) is 4.90 Å². The predicted molar refractivity (Wildman–Crippen MR) is 113 cm³/mol. The molecule has 5 heteroatoms. The Labute approximate surface area is 173 Å². The van der Waals surface area contributed by atoms with Crippen LogP contribution in [0.1, 0.15) is 36.8 Å². The molecule has 0 aliphatic carbocycles. The van der Waals surface area contributed by atoms with Crippen LogP contribution in [0.25, 0.3) is 0 Å². The lowest BCUT2D eigenvalue weighted by Gasteiger charge is -2.41. The molecule has 1 saturated heterocycles. The first-order chi connectivity index (χ1) is 13.6. The van der Waals surface area contributed by atoms with E-state index < -0.39 is 5.60 Å². The minimum absolute atomic E-state index is 0.0730. The van der Waals surface area contributed by atoms with Crippen molar-refractivity contribution in [2.75, 3.05) is 40.0 Å². The largest absolute Gasteiger partial charge is 0.497 e. The highest BCUT2D eigenvalue weighted by molar-refractivity contribution is 6.30. The van der Waals surface area contributed by atoms with Crippen LogP contribution in [0.2, 0.25) is 5.02 Å². The normalized spacial score (nSPS) is 18.4. The maximum Gasteiger partial charge on any atom is 0.118 e. The van der Waals surface area contributed by atoms with Crippen molar-refractivity contribution in [1.29, 1.82) is 0 Å². The van der Waals surface area contributed by atoms with Crippen molar-refractivity contribution in [3.05, 3.63) is 64.7 Å². The molecular formula is C23H30ClNO3. The maximum atomic E-state index is 12.0. The Bertz CT molecular complexity index is 729. The van der Waals surface area contributed by atoms with Gasteiger partial charge in [0, 0.05) is 30.6 Å². The first-order valence-electron chi connectivity index (χ1n) is 9.99. The van der Waals surface area contributed by atoms with E-state index in [4.69, 9.17) is 21.1 Å². The third-order valence-corrected chi connectivity index (χ3v) is 5.87. The highest BCUT2D eigenvalue weighted by Gasteiger charge is 2.39. The lowest BCUT2D eigenvalue weighted by Crippen LogP contribution is -2.45. The number of halogens is 1. The summed E-state index contributed by atoms with van der Waals surface area (Å²) >= 11 is 6.13. The molecule has 0 radical (unpaired) electrons. The highest BCUT2D eigenvalue weighted by atomic mass is 35.5. The van der Waals surface area contributed by atoms with Gasteiger partial charge in [-0.25, -0.2) is 0 Å². The van der Waals surface area contributed by atoms with Crippen LogP contribution in [0.5, 0.6) is 5.75 Å². The number of rotatable bonds is 8. The molecule has 2 atom stereocenters. The molecule has 4 nitrogen and oxygen atoms in total. The minimum Gasteiger partial charge on any atom is -0.497 e. The molecule has 1 N–H and O–H groups in total. The zero-order chi connectivity index (χ0) is 20.0. The molecule has 1 aliphatic rings. The lowest BCUT2D eigenvalue weighted by molar-refractivity contribution is -0.0285. The molecule has 1 heterocycles. The second-order valence-electron chi connectivity index (χ2n) is 7.42. The second kappa shape index (κ2) is 9.75. The van der Waals surface area contributed by atoms with Gasteiger partial charge in [-0.05, 0) is 41.8 Å². The summed E-state index contributed by atoms with van der Waals surface area (Å²) in [7, 11) is 1.65. The van der Waals surface area contributed by atoms with Crippen molar-refractivity contribution < 1.29 is 14.6 Å². The summed E-state index contributed by atoms with van der Waals surface area (Å²) in [5, 5.41) is 12.7. The maximum absolute atomic E-state index is 12.0. The number of ether oxygens (including phenoxy) is 2. The fourth-order valence-electron chi connectivity index (χ4n) is 4.05. The van der Waals surface area contributed by atoms with Gasteiger partial charge in [0.1, 0.15) is 5.75 Å². The van der Waals surface area contributed by atoms with Crippen molar-refractivity contribution in [3.63, 3.8) is 0 Å². The Hall–Kier alpha value is -1.59. The van der Waals surface area contributed by atoms with E-state index in [-0.39, 0.29) is 5.92 Å². The van der Waals surface area contributed by atoms with E-state index in [1.807, 2.05) is 48.5 Å². The van der Waals surface area contributed by atoms with Crippen molar-refractivity contribution in [2.24, 2.45) is 0 Å².